The van der Waals surface area contributed by atoms with Crippen molar-refractivity contribution in [3.05, 3.63) is 12.0 Å². The molecule has 2 N–H and O–H groups in total. The zero-order valence-electron chi connectivity index (χ0n) is 11.2. The molecule has 0 aliphatic heterocycles. The molecule has 0 aliphatic rings. The van der Waals surface area contributed by atoms with Crippen molar-refractivity contribution < 1.29 is 5.11 Å². The summed E-state index contributed by atoms with van der Waals surface area (Å²) in [7, 11) is 1.86. The summed E-state index contributed by atoms with van der Waals surface area (Å²) >= 11 is 0. The van der Waals surface area contributed by atoms with Crippen molar-refractivity contribution in [1.29, 1.82) is 0 Å². The van der Waals surface area contributed by atoms with Gasteiger partial charge in [-0.2, -0.15) is 5.10 Å². The predicted molar refractivity (Wildman–Crippen MR) is 70.4 cm³/mol. The van der Waals surface area contributed by atoms with Crippen LogP contribution in [0.25, 0.3) is 11.0 Å². The number of rotatable bonds is 4. The maximum absolute atomic E-state index is 9.38. The third-order valence-electron chi connectivity index (χ3n) is 3.12. The molecule has 0 spiro atoms. The van der Waals surface area contributed by atoms with Crippen LogP contribution in [0.15, 0.2) is 6.33 Å². The summed E-state index contributed by atoms with van der Waals surface area (Å²) in [6.45, 7) is 6.12. The van der Waals surface area contributed by atoms with Crippen LogP contribution >= 0.6 is 0 Å². The standard InChI is InChI=1S/C12H19N5O/c1-7(2)9(5-18)15-11-10-8(3)16-17(4)12(10)14-6-13-11/h6-7,9,18H,5H2,1-4H3,(H,13,14,15). The molecule has 1 unspecified atom stereocenters. The van der Waals surface area contributed by atoms with E-state index in [2.05, 4.69) is 34.2 Å². The van der Waals surface area contributed by atoms with Crippen LogP contribution in [0.5, 0.6) is 0 Å². The Morgan fingerprint density at radius 3 is 2.72 bits per heavy atom. The molecule has 1 atom stereocenters. The molecule has 6 heteroatoms. The van der Waals surface area contributed by atoms with Gasteiger partial charge in [-0.15, -0.1) is 0 Å². The van der Waals surface area contributed by atoms with E-state index in [1.165, 1.54) is 6.33 Å². The molecule has 2 rings (SSSR count). The van der Waals surface area contributed by atoms with E-state index >= 15 is 0 Å². The van der Waals surface area contributed by atoms with Gasteiger partial charge in [0.05, 0.1) is 23.7 Å². The molecular formula is C12H19N5O. The summed E-state index contributed by atoms with van der Waals surface area (Å²) in [5.41, 5.74) is 1.68. The summed E-state index contributed by atoms with van der Waals surface area (Å²) in [4.78, 5) is 8.49. The summed E-state index contributed by atoms with van der Waals surface area (Å²) in [6.07, 6.45) is 1.51. The highest BCUT2D eigenvalue weighted by molar-refractivity contribution is 5.89. The first kappa shape index (κ1) is 12.8. The van der Waals surface area contributed by atoms with Crippen molar-refractivity contribution in [2.75, 3.05) is 11.9 Å². The Hall–Kier alpha value is -1.69. The highest BCUT2D eigenvalue weighted by atomic mass is 16.3. The first-order valence-corrected chi connectivity index (χ1v) is 6.06. The molecule has 0 amide bonds. The van der Waals surface area contributed by atoms with Crippen molar-refractivity contribution in [2.24, 2.45) is 13.0 Å². The Bertz CT molecular complexity index is 549. The second kappa shape index (κ2) is 4.89. The number of aryl methyl sites for hydroxylation is 2. The van der Waals surface area contributed by atoms with E-state index in [0.717, 1.165) is 22.5 Å². The number of aliphatic hydroxyl groups is 1. The van der Waals surface area contributed by atoms with E-state index in [0.29, 0.717) is 5.92 Å². The second-order valence-electron chi connectivity index (χ2n) is 4.81. The highest BCUT2D eigenvalue weighted by Crippen LogP contribution is 2.23. The zero-order valence-corrected chi connectivity index (χ0v) is 11.2. The third-order valence-corrected chi connectivity index (χ3v) is 3.12. The predicted octanol–water partition coefficient (Wildman–Crippen LogP) is 1.10. The lowest BCUT2D eigenvalue weighted by Crippen LogP contribution is -2.30. The van der Waals surface area contributed by atoms with Gasteiger partial charge >= 0.3 is 0 Å². The van der Waals surface area contributed by atoms with Gasteiger partial charge in [0.2, 0.25) is 0 Å². The molecule has 6 nitrogen and oxygen atoms in total. The average Bonchev–Trinajstić information content (AvgIpc) is 2.62. The molecule has 0 aromatic carbocycles. The minimum absolute atomic E-state index is 0.0253. The van der Waals surface area contributed by atoms with Crippen LogP contribution in [0.3, 0.4) is 0 Å². The van der Waals surface area contributed by atoms with Gasteiger partial charge in [-0.3, -0.25) is 4.68 Å². The van der Waals surface area contributed by atoms with Crippen LogP contribution in [-0.2, 0) is 7.05 Å². The minimum Gasteiger partial charge on any atom is -0.394 e. The smallest absolute Gasteiger partial charge is 0.163 e. The fourth-order valence-corrected chi connectivity index (χ4v) is 1.99. The van der Waals surface area contributed by atoms with E-state index in [1.54, 1.807) is 4.68 Å². The zero-order chi connectivity index (χ0) is 13.3. The summed E-state index contributed by atoms with van der Waals surface area (Å²) in [6, 6.07) is -0.0253. The highest BCUT2D eigenvalue weighted by Gasteiger charge is 2.17. The van der Waals surface area contributed by atoms with Gasteiger partial charge in [-0.1, -0.05) is 13.8 Å². The molecule has 98 valence electrons. The first-order chi connectivity index (χ1) is 8.54. The molecule has 0 bridgehead atoms. The van der Waals surface area contributed by atoms with Crippen LogP contribution in [0.2, 0.25) is 0 Å². The van der Waals surface area contributed by atoms with Crippen LogP contribution < -0.4 is 5.32 Å². The van der Waals surface area contributed by atoms with E-state index in [1.807, 2.05) is 14.0 Å². The van der Waals surface area contributed by atoms with Crippen molar-refractivity contribution in [3.63, 3.8) is 0 Å². The molecule has 18 heavy (non-hydrogen) atoms. The van der Waals surface area contributed by atoms with E-state index < -0.39 is 0 Å². The molecule has 0 saturated heterocycles. The fraction of sp³-hybridized carbons (Fsp3) is 0.583. The van der Waals surface area contributed by atoms with Gasteiger partial charge in [0.15, 0.2) is 5.65 Å². The Balaban J connectivity index is 2.45. The summed E-state index contributed by atoms with van der Waals surface area (Å²) in [5.74, 6) is 1.05. The fourth-order valence-electron chi connectivity index (χ4n) is 1.99. The number of aromatic nitrogens is 4. The Kier molecular flexibility index (Phi) is 3.47. The molecule has 0 fully saturated rings. The van der Waals surface area contributed by atoms with E-state index in [4.69, 9.17) is 0 Å². The second-order valence-corrected chi connectivity index (χ2v) is 4.81. The number of nitrogens with zero attached hydrogens (tertiary/aromatic N) is 4. The largest absolute Gasteiger partial charge is 0.394 e. The average molecular weight is 249 g/mol. The Morgan fingerprint density at radius 1 is 1.39 bits per heavy atom. The van der Waals surface area contributed by atoms with Gasteiger partial charge in [0.25, 0.3) is 0 Å². The van der Waals surface area contributed by atoms with E-state index in [9.17, 15) is 5.11 Å². The van der Waals surface area contributed by atoms with Crippen LogP contribution in [-0.4, -0.2) is 37.5 Å². The van der Waals surface area contributed by atoms with Crippen molar-refractivity contribution >= 4 is 16.9 Å². The van der Waals surface area contributed by atoms with Crippen molar-refractivity contribution in [3.8, 4) is 0 Å². The molecule has 2 aromatic heterocycles. The van der Waals surface area contributed by atoms with Crippen molar-refractivity contribution in [2.45, 2.75) is 26.8 Å². The van der Waals surface area contributed by atoms with Gasteiger partial charge in [-0.25, -0.2) is 9.97 Å². The number of nitrogens with one attached hydrogen (secondary N) is 1. The van der Waals surface area contributed by atoms with Crippen molar-refractivity contribution in [1.82, 2.24) is 19.7 Å². The summed E-state index contributed by atoms with van der Waals surface area (Å²) < 4.78 is 1.74. The SMILES string of the molecule is Cc1nn(C)c2ncnc(NC(CO)C(C)C)c12. The number of hydrogen-bond acceptors (Lipinski definition) is 5. The lowest BCUT2D eigenvalue weighted by Gasteiger charge is -2.20. The maximum Gasteiger partial charge on any atom is 0.163 e. The van der Waals surface area contributed by atoms with Crippen LogP contribution in [0.1, 0.15) is 19.5 Å². The monoisotopic (exact) mass is 249 g/mol. The van der Waals surface area contributed by atoms with Gasteiger partial charge in [-0.05, 0) is 12.8 Å². The molecule has 0 radical (unpaired) electrons. The maximum atomic E-state index is 9.38. The lowest BCUT2D eigenvalue weighted by molar-refractivity contribution is 0.249. The Morgan fingerprint density at radius 2 is 2.11 bits per heavy atom. The minimum atomic E-state index is -0.0253. The summed E-state index contributed by atoms with van der Waals surface area (Å²) in [5, 5.41) is 17.9. The topological polar surface area (TPSA) is 75.9 Å². The van der Waals surface area contributed by atoms with Crippen LogP contribution in [0.4, 0.5) is 5.82 Å². The quantitative estimate of drug-likeness (QED) is 0.848. The molecule has 2 aromatic rings. The lowest BCUT2D eigenvalue weighted by atomic mass is 10.1. The molecular weight excluding hydrogens is 230 g/mol. The van der Waals surface area contributed by atoms with Crippen LogP contribution in [0, 0.1) is 12.8 Å². The molecule has 0 saturated carbocycles. The number of hydrogen-bond donors (Lipinski definition) is 2. The number of fused-ring (bicyclic) bond motifs is 1. The van der Waals surface area contributed by atoms with Gasteiger partial charge in [0.1, 0.15) is 12.1 Å². The first-order valence-electron chi connectivity index (χ1n) is 6.06. The van der Waals surface area contributed by atoms with E-state index in [-0.39, 0.29) is 12.6 Å². The molecule has 2 heterocycles. The normalized spacial score (nSPS) is 13.2. The number of anilines is 1. The third kappa shape index (κ3) is 2.15. The molecule has 0 aliphatic carbocycles. The number of aliphatic hydroxyl groups excluding tert-OH is 1. The Labute approximate surface area is 106 Å². The van der Waals surface area contributed by atoms with Gasteiger partial charge in [0, 0.05) is 7.05 Å². The van der Waals surface area contributed by atoms with Gasteiger partial charge < -0.3 is 10.4 Å².